The molecule has 0 spiro atoms. The Hall–Kier alpha value is -1.14. The topological polar surface area (TPSA) is 66.0 Å². The standard InChI is InChI=1S/C5H9N2.C5H10O3S/c1-6-3-4-7(2)5-6;1-5(2)3-4-9(6,7)8/h3-5H,1-2H3;3H,4H2,1-2H3,(H,6,7,8)/q+1;/p-1. The summed E-state index contributed by atoms with van der Waals surface area (Å²) in [6.45, 7) is 3.48. The second-order valence-electron chi connectivity index (χ2n) is 3.75. The van der Waals surface area contributed by atoms with Crippen LogP contribution < -0.4 is 4.57 Å². The second kappa shape index (κ2) is 6.44. The lowest BCUT2D eigenvalue weighted by Crippen LogP contribution is -2.23. The van der Waals surface area contributed by atoms with Gasteiger partial charge < -0.3 is 4.55 Å². The minimum atomic E-state index is -4.05. The van der Waals surface area contributed by atoms with Crippen LogP contribution >= 0.6 is 0 Å². The van der Waals surface area contributed by atoms with Crippen LogP contribution in [0.2, 0.25) is 0 Å². The van der Waals surface area contributed by atoms with Gasteiger partial charge >= 0.3 is 0 Å². The fraction of sp³-hybridized carbons (Fsp3) is 0.500. The number of aryl methyl sites for hydroxylation is 2. The molecule has 0 aromatic carbocycles. The third-order valence-corrected chi connectivity index (χ3v) is 2.17. The molecular weight excluding hydrogens is 228 g/mol. The Labute approximate surface area is 96.8 Å². The summed E-state index contributed by atoms with van der Waals surface area (Å²) in [7, 11) is -0.0456. The molecule has 92 valence electrons. The van der Waals surface area contributed by atoms with Crippen molar-refractivity contribution in [1.29, 1.82) is 0 Å². The fourth-order valence-corrected chi connectivity index (χ4v) is 1.38. The van der Waals surface area contributed by atoms with E-state index in [-0.39, 0.29) is 0 Å². The molecule has 0 bridgehead atoms. The number of nitrogens with zero attached hydrogens (tertiary/aromatic N) is 2. The van der Waals surface area contributed by atoms with Gasteiger partial charge in [0.15, 0.2) is 0 Å². The summed E-state index contributed by atoms with van der Waals surface area (Å²) in [5, 5.41) is 0. The molecule has 1 aromatic rings. The van der Waals surface area contributed by atoms with E-state index >= 15 is 0 Å². The van der Waals surface area contributed by atoms with Crippen molar-refractivity contribution in [1.82, 2.24) is 4.57 Å². The Kier molecular flexibility index (Phi) is 5.98. The van der Waals surface area contributed by atoms with Gasteiger partial charge in [-0.25, -0.2) is 17.6 Å². The van der Waals surface area contributed by atoms with E-state index in [2.05, 4.69) is 0 Å². The summed E-state index contributed by atoms with van der Waals surface area (Å²) in [6, 6.07) is 0. The van der Waals surface area contributed by atoms with E-state index < -0.39 is 15.9 Å². The molecule has 16 heavy (non-hydrogen) atoms. The summed E-state index contributed by atoms with van der Waals surface area (Å²) >= 11 is 0. The molecule has 1 rings (SSSR count). The highest BCUT2D eigenvalue weighted by atomic mass is 32.2. The van der Waals surface area contributed by atoms with E-state index in [0.29, 0.717) is 0 Å². The largest absolute Gasteiger partial charge is 0.748 e. The van der Waals surface area contributed by atoms with Gasteiger partial charge in [0.1, 0.15) is 12.4 Å². The summed E-state index contributed by atoms with van der Waals surface area (Å²) in [4.78, 5) is 0. The summed E-state index contributed by atoms with van der Waals surface area (Å²) in [6.07, 6.45) is 7.39. The van der Waals surface area contributed by atoms with E-state index in [1.54, 1.807) is 13.8 Å². The minimum Gasteiger partial charge on any atom is -0.748 e. The van der Waals surface area contributed by atoms with Crippen LogP contribution in [0.4, 0.5) is 0 Å². The number of aromatic nitrogens is 2. The number of imidazole rings is 1. The van der Waals surface area contributed by atoms with Gasteiger partial charge in [-0.2, -0.15) is 0 Å². The highest BCUT2D eigenvalue weighted by Crippen LogP contribution is 1.90. The average Bonchev–Trinajstić information content (AvgIpc) is 2.46. The maximum absolute atomic E-state index is 9.94. The van der Waals surface area contributed by atoms with E-state index in [1.165, 1.54) is 6.08 Å². The van der Waals surface area contributed by atoms with Crippen LogP contribution in [0.15, 0.2) is 30.4 Å². The summed E-state index contributed by atoms with van der Waals surface area (Å²) in [5.41, 5.74) is 0.842. The monoisotopic (exact) mass is 246 g/mol. The van der Waals surface area contributed by atoms with Gasteiger partial charge in [0, 0.05) is 0 Å². The molecule has 0 saturated carbocycles. The van der Waals surface area contributed by atoms with Crippen LogP contribution in [0.25, 0.3) is 0 Å². The molecule has 0 atom stereocenters. The second-order valence-corrected chi connectivity index (χ2v) is 5.20. The van der Waals surface area contributed by atoms with Crippen molar-refractivity contribution in [3.63, 3.8) is 0 Å². The molecule has 0 saturated heterocycles. The predicted octanol–water partition coefficient (Wildman–Crippen LogP) is 0.347. The maximum Gasteiger partial charge on any atom is 0.243 e. The zero-order chi connectivity index (χ0) is 12.8. The number of rotatable bonds is 2. The molecule has 6 heteroatoms. The van der Waals surface area contributed by atoms with Gasteiger partial charge in [0.2, 0.25) is 6.33 Å². The fourth-order valence-electron chi connectivity index (χ4n) is 0.843. The van der Waals surface area contributed by atoms with Gasteiger partial charge in [0.25, 0.3) is 0 Å². The summed E-state index contributed by atoms with van der Waals surface area (Å²) in [5.74, 6) is -0.394. The van der Waals surface area contributed by atoms with Crippen LogP contribution in [-0.2, 0) is 24.2 Å². The quantitative estimate of drug-likeness (QED) is 0.429. The summed E-state index contributed by atoms with van der Waals surface area (Å²) < 4.78 is 33.8. The van der Waals surface area contributed by atoms with Gasteiger partial charge in [-0.3, -0.25) is 0 Å². The Morgan fingerprint density at radius 1 is 1.50 bits per heavy atom. The lowest BCUT2D eigenvalue weighted by Gasteiger charge is -2.01. The van der Waals surface area contributed by atoms with Gasteiger partial charge in [0.05, 0.1) is 30.0 Å². The molecule has 0 aliphatic carbocycles. The van der Waals surface area contributed by atoms with Crippen molar-refractivity contribution >= 4 is 10.1 Å². The molecule has 0 amide bonds. The van der Waals surface area contributed by atoms with E-state index in [4.69, 9.17) is 0 Å². The number of hydrogen-bond acceptors (Lipinski definition) is 3. The molecule has 0 aliphatic heterocycles. The van der Waals surface area contributed by atoms with Crippen molar-refractivity contribution in [2.75, 3.05) is 5.75 Å². The predicted molar refractivity (Wildman–Crippen MR) is 60.6 cm³/mol. The van der Waals surface area contributed by atoms with E-state index in [0.717, 1.165) is 5.57 Å². The maximum atomic E-state index is 9.94. The van der Waals surface area contributed by atoms with Crippen molar-refractivity contribution in [2.24, 2.45) is 14.1 Å². The van der Waals surface area contributed by atoms with Crippen molar-refractivity contribution < 1.29 is 17.5 Å². The van der Waals surface area contributed by atoms with Crippen molar-refractivity contribution in [2.45, 2.75) is 13.8 Å². The van der Waals surface area contributed by atoms with Crippen LogP contribution in [0, 0.1) is 0 Å². The molecule has 0 aliphatic rings. The van der Waals surface area contributed by atoms with Gasteiger partial charge in [-0.05, 0) is 13.8 Å². The van der Waals surface area contributed by atoms with Crippen molar-refractivity contribution in [3.05, 3.63) is 30.4 Å². The van der Waals surface area contributed by atoms with Crippen LogP contribution in [0.1, 0.15) is 13.8 Å². The average molecular weight is 246 g/mol. The van der Waals surface area contributed by atoms with E-state index in [1.807, 2.05) is 42.0 Å². The zero-order valence-corrected chi connectivity index (χ0v) is 10.9. The lowest BCUT2D eigenvalue weighted by molar-refractivity contribution is -0.670. The van der Waals surface area contributed by atoms with Crippen LogP contribution in [-0.4, -0.2) is 23.3 Å². The van der Waals surface area contributed by atoms with Crippen molar-refractivity contribution in [3.8, 4) is 0 Å². The third kappa shape index (κ3) is 9.42. The highest BCUT2D eigenvalue weighted by molar-refractivity contribution is 7.85. The Balaban J connectivity index is 0.000000288. The smallest absolute Gasteiger partial charge is 0.243 e. The van der Waals surface area contributed by atoms with Crippen LogP contribution in [0.3, 0.4) is 0 Å². The zero-order valence-electron chi connectivity index (χ0n) is 10.0. The Bertz CT molecular complexity index is 426. The highest BCUT2D eigenvalue weighted by Gasteiger charge is 1.88. The minimum absolute atomic E-state index is 0.394. The first-order valence-electron chi connectivity index (χ1n) is 4.75. The van der Waals surface area contributed by atoms with Gasteiger partial charge in [-0.15, -0.1) is 0 Å². The van der Waals surface area contributed by atoms with Gasteiger partial charge in [-0.1, -0.05) is 11.6 Å². The van der Waals surface area contributed by atoms with Crippen LogP contribution in [0.5, 0.6) is 0 Å². The molecule has 5 nitrogen and oxygen atoms in total. The molecule has 1 aromatic heterocycles. The number of allylic oxidation sites excluding steroid dienone is 1. The normalized spacial score (nSPS) is 10.3. The lowest BCUT2D eigenvalue weighted by atomic mass is 10.3. The third-order valence-electron chi connectivity index (χ3n) is 1.60. The Morgan fingerprint density at radius 3 is 2.19 bits per heavy atom. The molecular formula is C10H18N2O3S. The molecule has 1 heterocycles. The molecule has 0 N–H and O–H groups in total. The number of hydrogen-bond donors (Lipinski definition) is 0. The molecule has 0 radical (unpaired) electrons. The Morgan fingerprint density at radius 2 is 2.06 bits per heavy atom. The van der Waals surface area contributed by atoms with E-state index in [9.17, 15) is 13.0 Å². The molecule has 0 unspecified atom stereocenters. The first kappa shape index (κ1) is 14.9. The first-order chi connectivity index (χ1) is 7.20. The SMILES string of the molecule is CC(C)=CCS(=O)(=O)[O-].Cn1cc[n+](C)c1. The first-order valence-corrected chi connectivity index (χ1v) is 6.32. The molecule has 0 fully saturated rings.